The van der Waals surface area contributed by atoms with Gasteiger partial charge in [-0.3, -0.25) is 4.79 Å². The van der Waals surface area contributed by atoms with Gasteiger partial charge in [-0.05, 0) is 0 Å². The summed E-state index contributed by atoms with van der Waals surface area (Å²) in [6, 6.07) is 0. The number of aliphatic hydroxyl groups is 2. The number of carboxylic acid groups (broad SMARTS) is 1. The molecule has 0 saturated heterocycles. The molecule has 0 aromatic carbocycles. The summed E-state index contributed by atoms with van der Waals surface area (Å²) in [5.41, 5.74) is 0. The molecule has 5 heteroatoms. The molecule has 0 aromatic heterocycles. The smallest absolute Gasteiger partial charge is 1.00 e. The average Bonchev–Trinajstić information content (AvgIpc) is 1.82. The Morgan fingerprint density at radius 2 is 1.80 bits per heavy atom. The van der Waals surface area contributed by atoms with Gasteiger partial charge < -0.3 is 18.2 Å². The summed E-state index contributed by atoms with van der Waals surface area (Å²) in [6.07, 6.45) is -0.174. The quantitative estimate of drug-likeness (QED) is 0.569. The van der Waals surface area contributed by atoms with Crippen molar-refractivity contribution in [3.8, 4) is 0 Å². The van der Waals surface area contributed by atoms with Crippen molar-refractivity contribution < 1.29 is 23.0 Å². The minimum Gasteiger partial charge on any atom is -1.00 e. The van der Waals surface area contributed by atoms with Crippen LogP contribution in [0.4, 0.5) is 0 Å². The Kier molecular flexibility index (Phi) is 10.9. The van der Waals surface area contributed by atoms with Crippen LogP contribution in [0.25, 0.3) is 0 Å². The first-order valence-electron chi connectivity index (χ1n) is 2.64. The summed E-state index contributed by atoms with van der Waals surface area (Å²) in [4.78, 5) is 9.91. The van der Waals surface area contributed by atoms with Crippen molar-refractivity contribution in [1.82, 2.24) is 0 Å². The van der Waals surface area contributed by atoms with Crippen LogP contribution in [0.2, 0.25) is 0 Å². The van der Waals surface area contributed by atoms with E-state index in [-0.39, 0.29) is 71.4 Å². The zero-order valence-electron chi connectivity index (χ0n) is 7.66. The molecule has 0 saturated carbocycles. The molecule has 0 aromatic rings. The zero-order valence-corrected chi connectivity index (χ0v) is 10.1. The molecule has 10 heavy (non-hydrogen) atoms. The third-order valence-electron chi connectivity index (χ3n) is 0.980. The molecule has 0 radical (unpaired) electrons. The molecule has 58 valence electrons. The van der Waals surface area contributed by atoms with Gasteiger partial charge >= 0.3 is 54.9 Å². The second kappa shape index (κ2) is 8.06. The van der Waals surface area contributed by atoms with Crippen molar-refractivity contribution in [2.45, 2.75) is 6.42 Å². The molecule has 0 unspecified atom stereocenters. The van der Waals surface area contributed by atoms with Gasteiger partial charge in [-0.25, -0.2) is 0 Å². The third kappa shape index (κ3) is 7.07. The zero-order chi connectivity index (χ0) is 7.28. The molecular formula is C5H12BaO4. The molecule has 0 aliphatic carbocycles. The van der Waals surface area contributed by atoms with Crippen LogP contribution in [0.5, 0.6) is 0 Å². The summed E-state index contributed by atoms with van der Waals surface area (Å²) in [5.74, 6) is -1.51. The van der Waals surface area contributed by atoms with Gasteiger partial charge in [0.1, 0.15) is 0 Å². The number of aliphatic hydroxyl groups excluding tert-OH is 2. The SMILES string of the molecule is O=C(O)CC(CO)CO.[Ba+2].[H-].[H-]. The van der Waals surface area contributed by atoms with Crippen LogP contribution < -0.4 is 0 Å². The van der Waals surface area contributed by atoms with E-state index in [2.05, 4.69) is 0 Å². The molecule has 0 rings (SSSR count). The summed E-state index contributed by atoms with van der Waals surface area (Å²) in [7, 11) is 0. The van der Waals surface area contributed by atoms with Gasteiger partial charge in [0.25, 0.3) is 0 Å². The van der Waals surface area contributed by atoms with Gasteiger partial charge in [0.05, 0.1) is 6.42 Å². The van der Waals surface area contributed by atoms with Crippen LogP contribution in [0.15, 0.2) is 0 Å². The van der Waals surface area contributed by atoms with E-state index >= 15 is 0 Å². The molecule has 0 atom stereocenters. The summed E-state index contributed by atoms with van der Waals surface area (Å²) < 4.78 is 0. The molecule has 0 spiro atoms. The van der Waals surface area contributed by atoms with Gasteiger partial charge in [-0.15, -0.1) is 0 Å². The van der Waals surface area contributed by atoms with Crippen LogP contribution >= 0.6 is 0 Å². The number of rotatable bonds is 4. The maximum absolute atomic E-state index is 9.91. The van der Waals surface area contributed by atoms with E-state index in [1.165, 1.54) is 0 Å². The van der Waals surface area contributed by atoms with Gasteiger partial charge in [0.15, 0.2) is 0 Å². The molecule has 0 aliphatic rings. The number of carboxylic acids is 1. The van der Waals surface area contributed by atoms with E-state index in [9.17, 15) is 4.79 Å². The van der Waals surface area contributed by atoms with E-state index in [1.807, 2.05) is 0 Å². The average molecular weight is 273 g/mol. The van der Waals surface area contributed by atoms with Crippen LogP contribution in [0.1, 0.15) is 9.27 Å². The van der Waals surface area contributed by atoms with Crippen LogP contribution in [-0.4, -0.2) is 83.4 Å². The van der Waals surface area contributed by atoms with Crippen molar-refractivity contribution >= 4 is 54.9 Å². The fraction of sp³-hybridized carbons (Fsp3) is 0.800. The third-order valence-corrected chi connectivity index (χ3v) is 0.980. The fourth-order valence-electron chi connectivity index (χ4n) is 0.434. The normalized spacial score (nSPS) is 9.10. The second-order valence-electron chi connectivity index (χ2n) is 1.83. The predicted molar refractivity (Wildman–Crippen MR) is 37.9 cm³/mol. The Balaban J connectivity index is -0.000000107. The molecule has 0 heterocycles. The van der Waals surface area contributed by atoms with Crippen molar-refractivity contribution in [3.05, 3.63) is 0 Å². The monoisotopic (exact) mass is 274 g/mol. The van der Waals surface area contributed by atoms with E-state index in [1.54, 1.807) is 0 Å². The Labute approximate surface area is 102 Å². The van der Waals surface area contributed by atoms with Crippen molar-refractivity contribution in [2.24, 2.45) is 5.92 Å². The van der Waals surface area contributed by atoms with E-state index in [0.717, 1.165) is 0 Å². The first-order valence-corrected chi connectivity index (χ1v) is 2.64. The predicted octanol–water partition coefficient (Wildman–Crippen LogP) is -1.09. The Hall–Kier alpha value is 0.961. The maximum Gasteiger partial charge on any atom is 2.00 e. The number of carbonyl (C=O) groups is 1. The van der Waals surface area contributed by atoms with Crippen molar-refractivity contribution in [1.29, 1.82) is 0 Å². The molecule has 0 bridgehead atoms. The Morgan fingerprint density at radius 1 is 1.40 bits per heavy atom. The maximum atomic E-state index is 9.91. The van der Waals surface area contributed by atoms with Crippen molar-refractivity contribution in [3.63, 3.8) is 0 Å². The van der Waals surface area contributed by atoms with Crippen LogP contribution in [-0.2, 0) is 4.79 Å². The largest absolute Gasteiger partial charge is 2.00 e. The number of hydrogen-bond donors (Lipinski definition) is 3. The summed E-state index contributed by atoms with van der Waals surface area (Å²) in [5, 5.41) is 24.8. The molecule has 3 N–H and O–H groups in total. The van der Waals surface area contributed by atoms with E-state index in [0.29, 0.717) is 0 Å². The topological polar surface area (TPSA) is 77.8 Å². The molecule has 0 fully saturated rings. The Morgan fingerprint density at radius 3 is 1.90 bits per heavy atom. The second-order valence-corrected chi connectivity index (χ2v) is 1.83. The summed E-state index contributed by atoms with van der Waals surface area (Å²) >= 11 is 0. The Bertz CT molecular complexity index is 99.4. The van der Waals surface area contributed by atoms with Crippen LogP contribution in [0.3, 0.4) is 0 Å². The molecule has 0 amide bonds. The van der Waals surface area contributed by atoms with E-state index < -0.39 is 11.9 Å². The number of hydrogen-bond acceptors (Lipinski definition) is 3. The van der Waals surface area contributed by atoms with Crippen molar-refractivity contribution in [2.75, 3.05) is 13.2 Å². The molecule has 0 aliphatic heterocycles. The molecular weight excluding hydrogens is 261 g/mol. The summed E-state index contributed by atoms with van der Waals surface area (Å²) in [6.45, 7) is -0.550. The minimum absolute atomic E-state index is 0. The van der Waals surface area contributed by atoms with Gasteiger partial charge in [0, 0.05) is 19.1 Å². The first-order chi connectivity index (χ1) is 4.20. The number of aliphatic carboxylic acids is 1. The van der Waals surface area contributed by atoms with Gasteiger partial charge in [-0.2, -0.15) is 0 Å². The van der Waals surface area contributed by atoms with Gasteiger partial charge in [0.2, 0.25) is 0 Å². The van der Waals surface area contributed by atoms with Crippen LogP contribution in [0, 0.1) is 5.92 Å². The fourth-order valence-corrected chi connectivity index (χ4v) is 0.434. The molecule has 4 nitrogen and oxygen atoms in total. The minimum atomic E-state index is -0.997. The standard InChI is InChI=1S/C5H10O4.Ba.2H/c6-2-4(3-7)1-5(8)9;;;/h4,6-7H,1-3H2,(H,8,9);;;/q;+2;2*-1. The van der Waals surface area contributed by atoms with E-state index in [4.69, 9.17) is 15.3 Å². The van der Waals surface area contributed by atoms with Gasteiger partial charge in [-0.1, -0.05) is 0 Å². The first kappa shape index (κ1) is 13.5.